The summed E-state index contributed by atoms with van der Waals surface area (Å²) in [6.07, 6.45) is 0. The normalized spacial score (nSPS) is 11.1. The van der Waals surface area contributed by atoms with Crippen LogP contribution >= 0.6 is 23.5 Å². The number of alkyl halides is 3. The van der Waals surface area contributed by atoms with E-state index >= 15 is 0 Å². The number of nitrogens with zero attached hydrogens (tertiary/aromatic N) is 2. The fourth-order valence-electron chi connectivity index (χ4n) is 2.00. The minimum atomic E-state index is -4.46. The van der Waals surface area contributed by atoms with Gasteiger partial charge in [0.05, 0.1) is 26.6 Å². The molecule has 8 nitrogen and oxygen atoms in total. The van der Waals surface area contributed by atoms with Gasteiger partial charge in [-0.2, -0.15) is 13.2 Å². The van der Waals surface area contributed by atoms with E-state index in [9.17, 15) is 38.2 Å². The number of hydrogen-bond donors (Lipinski definition) is 1. The average Bonchev–Trinajstić information content (AvgIpc) is 2.58. The Bertz CT molecular complexity index is 924. The minimum Gasteiger partial charge on any atom is -0.325 e. The first kappa shape index (κ1) is 21.5. The maximum Gasteiger partial charge on any atom is 0.446 e. The second-order valence-corrected chi connectivity index (χ2v) is 7.23. The topological polar surface area (TPSA) is 115 Å². The molecule has 0 aliphatic carbocycles. The number of carbonyl (C=O) groups excluding carboxylic acids is 1. The largest absolute Gasteiger partial charge is 0.446 e. The van der Waals surface area contributed by atoms with Gasteiger partial charge in [-0.05, 0) is 36.0 Å². The fraction of sp³-hybridized carbons (Fsp3) is 0.133. The monoisotopic (exact) mass is 433 g/mol. The van der Waals surface area contributed by atoms with Crippen LogP contribution in [0.5, 0.6) is 0 Å². The van der Waals surface area contributed by atoms with Crippen LogP contribution in [-0.4, -0.2) is 27.0 Å². The molecule has 0 aliphatic rings. The van der Waals surface area contributed by atoms with Crippen LogP contribution in [0.15, 0.2) is 52.3 Å². The van der Waals surface area contributed by atoms with Gasteiger partial charge in [0.1, 0.15) is 0 Å². The summed E-state index contributed by atoms with van der Waals surface area (Å²) in [7, 11) is 0. The summed E-state index contributed by atoms with van der Waals surface area (Å²) in [5.41, 5.74) is -5.30. The maximum atomic E-state index is 12.4. The van der Waals surface area contributed by atoms with E-state index in [0.29, 0.717) is 0 Å². The summed E-state index contributed by atoms with van der Waals surface area (Å²) in [5, 5.41) is 24.2. The molecule has 0 fully saturated rings. The quantitative estimate of drug-likeness (QED) is 0.377. The number of nitrogens with one attached hydrogen (secondary N) is 1. The van der Waals surface area contributed by atoms with Gasteiger partial charge in [0.2, 0.25) is 5.91 Å². The van der Waals surface area contributed by atoms with Gasteiger partial charge in [0, 0.05) is 16.6 Å². The van der Waals surface area contributed by atoms with Crippen molar-refractivity contribution in [3.05, 3.63) is 62.7 Å². The number of rotatable bonds is 7. The molecule has 1 N–H and O–H groups in total. The van der Waals surface area contributed by atoms with E-state index in [-0.39, 0.29) is 33.0 Å². The van der Waals surface area contributed by atoms with E-state index in [1.165, 1.54) is 18.2 Å². The average molecular weight is 433 g/mol. The molecule has 148 valence electrons. The number of nitro benzene ring substituents is 2. The number of amides is 1. The van der Waals surface area contributed by atoms with Crippen molar-refractivity contribution in [1.82, 2.24) is 0 Å². The van der Waals surface area contributed by atoms with E-state index in [0.717, 1.165) is 36.0 Å². The Morgan fingerprint density at radius 1 is 1.07 bits per heavy atom. The molecule has 2 aromatic rings. The fourth-order valence-corrected chi connectivity index (χ4v) is 3.40. The first-order valence-electron chi connectivity index (χ1n) is 7.26. The number of non-ortho nitro benzene ring substituents is 1. The highest BCUT2D eigenvalue weighted by atomic mass is 32.2. The number of carbonyl (C=O) groups is 1. The molecule has 0 bridgehead atoms. The van der Waals surface area contributed by atoms with Gasteiger partial charge in [-0.25, -0.2) is 0 Å². The molecule has 0 saturated heterocycles. The lowest BCUT2D eigenvalue weighted by atomic mass is 10.3. The van der Waals surface area contributed by atoms with Crippen LogP contribution < -0.4 is 5.32 Å². The number of nitro groups is 2. The standard InChI is InChI=1S/C15H10F3N3O5S2/c16-15(17,18)28-11-3-1-2-9(6-11)19-14(22)8-27-13-5-4-10(20(23)24)7-12(13)21(25)26/h1-7H,8H2,(H,19,22). The SMILES string of the molecule is O=C(CSc1ccc([N+](=O)[O-])cc1[N+](=O)[O-])Nc1cccc(SC(F)(F)F)c1. The summed E-state index contributed by atoms with van der Waals surface area (Å²) >= 11 is 0.450. The molecule has 2 aromatic carbocycles. The van der Waals surface area contributed by atoms with Gasteiger partial charge < -0.3 is 5.32 Å². The van der Waals surface area contributed by atoms with E-state index < -0.39 is 32.6 Å². The van der Waals surface area contributed by atoms with Crippen molar-refractivity contribution in [2.45, 2.75) is 15.3 Å². The summed E-state index contributed by atoms with van der Waals surface area (Å²) in [6, 6.07) is 8.16. The molecule has 0 heterocycles. The summed E-state index contributed by atoms with van der Waals surface area (Å²) in [4.78, 5) is 32.1. The summed E-state index contributed by atoms with van der Waals surface area (Å²) in [6.45, 7) is 0. The third-order valence-electron chi connectivity index (χ3n) is 3.06. The highest BCUT2D eigenvalue weighted by molar-refractivity contribution is 8.00. The molecular weight excluding hydrogens is 423 g/mol. The first-order valence-corrected chi connectivity index (χ1v) is 9.06. The Hall–Kier alpha value is -2.80. The predicted molar refractivity (Wildman–Crippen MR) is 97.5 cm³/mol. The predicted octanol–water partition coefficient (Wildman–Crippen LogP) is 4.85. The van der Waals surface area contributed by atoms with Crippen LogP contribution in [0.1, 0.15) is 0 Å². The molecule has 2 rings (SSSR count). The van der Waals surface area contributed by atoms with Gasteiger partial charge in [0.15, 0.2) is 0 Å². The summed E-state index contributed by atoms with van der Waals surface area (Å²) < 4.78 is 37.2. The van der Waals surface area contributed by atoms with Crippen molar-refractivity contribution in [2.75, 3.05) is 11.1 Å². The Morgan fingerprint density at radius 3 is 2.39 bits per heavy atom. The van der Waals surface area contributed by atoms with Gasteiger partial charge in [0.25, 0.3) is 11.4 Å². The lowest BCUT2D eigenvalue weighted by Crippen LogP contribution is -2.14. The van der Waals surface area contributed by atoms with Crippen molar-refractivity contribution in [3.63, 3.8) is 0 Å². The number of thioether (sulfide) groups is 2. The molecule has 0 aliphatic heterocycles. The van der Waals surface area contributed by atoms with Gasteiger partial charge in [-0.3, -0.25) is 25.0 Å². The zero-order valence-electron chi connectivity index (χ0n) is 13.6. The Balaban J connectivity index is 2.04. The van der Waals surface area contributed by atoms with Crippen LogP contribution in [0.2, 0.25) is 0 Å². The van der Waals surface area contributed by atoms with E-state index in [4.69, 9.17) is 0 Å². The molecule has 0 atom stereocenters. The lowest BCUT2D eigenvalue weighted by Gasteiger charge is -2.09. The van der Waals surface area contributed by atoms with Crippen LogP contribution in [0.3, 0.4) is 0 Å². The van der Waals surface area contributed by atoms with Gasteiger partial charge in [-0.15, -0.1) is 11.8 Å². The van der Waals surface area contributed by atoms with E-state index in [1.807, 2.05) is 0 Å². The molecule has 0 spiro atoms. The molecular formula is C15H10F3N3O5S2. The number of hydrogen-bond acceptors (Lipinski definition) is 7. The molecule has 0 radical (unpaired) electrons. The smallest absolute Gasteiger partial charge is 0.325 e. The molecule has 28 heavy (non-hydrogen) atoms. The molecule has 0 saturated carbocycles. The van der Waals surface area contributed by atoms with E-state index in [2.05, 4.69) is 5.32 Å². The van der Waals surface area contributed by atoms with Crippen molar-refractivity contribution in [3.8, 4) is 0 Å². The number of halogens is 3. The van der Waals surface area contributed by atoms with Gasteiger partial charge in [-0.1, -0.05) is 6.07 Å². The Labute approximate surface area is 163 Å². The van der Waals surface area contributed by atoms with Crippen molar-refractivity contribution in [2.24, 2.45) is 0 Å². The highest BCUT2D eigenvalue weighted by Gasteiger charge is 2.29. The third kappa shape index (κ3) is 6.42. The first-order chi connectivity index (χ1) is 13.0. The zero-order valence-corrected chi connectivity index (χ0v) is 15.3. The number of anilines is 1. The number of benzene rings is 2. The highest BCUT2D eigenvalue weighted by Crippen LogP contribution is 2.37. The third-order valence-corrected chi connectivity index (χ3v) is 4.84. The van der Waals surface area contributed by atoms with Crippen molar-refractivity contribution < 1.29 is 27.8 Å². The molecule has 1 amide bonds. The molecule has 0 unspecified atom stereocenters. The van der Waals surface area contributed by atoms with Crippen LogP contribution in [0, 0.1) is 20.2 Å². The minimum absolute atomic E-state index is 0.0483. The van der Waals surface area contributed by atoms with Crippen LogP contribution in [-0.2, 0) is 4.79 Å². The van der Waals surface area contributed by atoms with Crippen LogP contribution in [0.25, 0.3) is 0 Å². The van der Waals surface area contributed by atoms with E-state index in [1.54, 1.807) is 0 Å². The lowest BCUT2D eigenvalue weighted by molar-refractivity contribution is -0.396. The van der Waals surface area contributed by atoms with Crippen molar-refractivity contribution in [1.29, 1.82) is 0 Å². The Morgan fingerprint density at radius 2 is 1.79 bits per heavy atom. The maximum absolute atomic E-state index is 12.4. The van der Waals surface area contributed by atoms with Crippen molar-refractivity contribution >= 4 is 46.5 Å². The summed E-state index contributed by atoms with van der Waals surface area (Å²) in [5.74, 6) is -0.887. The Kier molecular flexibility index (Phi) is 6.85. The van der Waals surface area contributed by atoms with Crippen LogP contribution in [0.4, 0.5) is 30.2 Å². The van der Waals surface area contributed by atoms with Gasteiger partial charge >= 0.3 is 5.51 Å². The second kappa shape index (κ2) is 8.93. The molecule has 13 heteroatoms. The molecule has 0 aromatic heterocycles. The zero-order chi connectivity index (χ0) is 20.9. The second-order valence-electron chi connectivity index (χ2n) is 5.08.